The van der Waals surface area contributed by atoms with Gasteiger partial charge in [0.25, 0.3) is 0 Å². The molecule has 0 spiro atoms. The number of hydrogen-bond acceptors (Lipinski definition) is 3. The minimum atomic E-state index is -4.56. The van der Waals surface area contributed by atoms with E-state index in [1.807, 2.05) is 0 Å². The summed E-state index contributed by atoms with van der Waals surface area (Å²) in [7, 11) is 0. The molecule has 0 saturated carbocycles. The van der Waals surface area contributed by atoms with Crippen LogP contribution in [0.1, 0.15) is 11.3 Å². The van der Waals surface area contributed by atoms with Gasteiger partial charge in [-0.1, -0.05) is 0 Å². The fourth-order valence-corrected chi connectivity index (χ4v) is 0.788. The largest absolute Gasteiger partial charge is 0.419 e. The first-order valence-corrected chi connectivity index (χ1v) is 3.19. The van der Waals surface area contributed by atoms with Gasteiger partial charge >= 0.3 is 6.18 Å². The van der Waals surface area contributed by atoms with E-state index in [4.69, 9.17) is 11.0 Å². The monoisotopic (exact) mass is 187 g/mol. The molecule has 0 fully saturated rings. The second-order valence-electron chi connectivity index (χ2n) is 2.24. The normalized spacial score (nSPS) is 10.9. The highest BCUT2D eigenvalue weighted by Crippen LogP contribution is 2.31. The van der Waals surface area contributed by atoms with E-state index in [-0.39, 0.29) is 5.82 Å². The van der Waals surface area contributed by atoms with Gasteiger partial charge in [0, 0.05) is 0 Å². The predicted octanol–water partition coefficient (Wildman–Crippen LogP) is 1.55. The molecule has 1 heterocycles. The van der Waals surface area contributed by atoms with Crippen LogP contribution < -0.4 is 5.73 Å². The predicted molar refractivity (Wildman–Crippen MR) is 38.4 cm³/mol. The zero-order valence-electron chi connectivity index (χ0n) is 6.26. The van der Waals surface area contributed by atoms with Gasteiger partial charge in [-0.2, -0.15) is 18.4 Å². The number of nitriles is 1. The lowest BCUT2D eigenvalue weighted by molar-refractivity contribution is -0.138. The maximum absolute atomic E-state index is 12.1. The molecule has 3 nitrogen and oxygen atoms in total. The van der Waals surface area contributed by atoms with E-state index < -0.39 is 17.4 Å². The number of aromatic nitrogens is 1. The van der Waals surface area contributed by atoms with Crippen LogP contribution in [0.4, 0.5) is 19.0 Å². The number of nitrogens with zero attached hydrogens (tertiary/aromatic N) is 2. The summed E-state index contributed by atoms with van der Waals surface area (Å²) in [4.78, 5) is 3.25. The number of halogens is 3. The van der Waals surface area contributed by atoms with Crippen molar-refractivity contribution in [1.29, 1.82) is 5.26 Å². The third kappa shape index (κ3) is 1.87. The number of alkyl halides is 3. The summed E-state index contributed by atoms with van der Waals surface area (Å²) < 4.78 is 36.4. The fraction of sp³-hybridized carbons (Fsp3) is 0.143. The number of pyridine rings is 1. The van der Waals surface area contributed by atoms with Gasteiger partial charge in [0.05, 0.1) is 5.56 Å². The lowest BCUT2D eigenvalue weighted by Gasteiger charge is -2.07. The molecular weight excluding hydrogens is 183 g/mol. The zero-order valence-corrected chi connectivity index (χ0v) is 6.26. The Hall–Kier alpha value is -1.77. The van der Waals surface area contributed by atoms with Crippen LogP contribution in [-0.4, -0.2) is 4.98 Å². The highest BCUT2D eigenvalue weighted by molar-refractivity contribution is 5.41. The molecule has 2 N–H and O–H groups in total. The average Bonchev–Trinajstić information content (AvgIpc) is 2.01. The molecule has 68 valence electrons. The van der Waals surface area contributed by atoms with E-state index in [1.165, 1.54) is 6.07 Å². The molecule has 0 amide bonds. The maximum Gasteiger partial charge on any atom is 0.419 e. The minimum Gasteiger partial charge on any atom is -0.384 e. The second kappa shape index (κ2) is 2.94. The van der Waals surface area contributed by atoms with Gasteiger partial charge < -0.3 is 5.73 Å². The van der Waals surface area contributed by atoms with Crippen molar-refractivity contribution in [2.24, 2.45) is 0 Å². The van der Waals surface area contributed by atoms with Gasteiger partial charge in [0.2, 0.25) is 0 Å². The van der Waals surface area contributed by atoms with E-state index in [0.717, 1.165) is 12.1 Å². The summed E-state index contributed by atoms with van der Waals surface area (Å²) in [5, 5.41) is 8.34. The van der Waals surface area contributed by atoms with Crippen molar-refractivity contribution in [2.45, 2.75) is 6.18 Å². The van der Waals surface area contributed by atoms with Crippen LogP contribution in [0.25, 0.3) is 0 Å². The smallest absolute Gasteiger partial charge is 0.384 e. The summed E-state index contributed by atoms with van der Waals surface area (Å²) in [6.07, 6.45) is -4.56. The van der Waals surface area contributed by atoms with Gasteiger partial charge in [-0.25, -0.2) is 4.98 Å². The number of nitrogens with two attached hydrogens (primary N) is 1. The van der Waals surface area contributed by atoms with Crippen molar-refractivity contribution in [3.8, 4) is 6.07 Å². The van der Waals surface area contributed by atoms with Crippen LogP contribution >= 0.6 is 0 Å². The quantitative estimate of drug-likeness (QED) is 0.670. The zero-order chi connectivity index (χ0) is 10.1. The molecule has 1 aromatic heterocycles. The third-order valence-corrected chi connectivity index (χ3v) is 1.33. The highest BCUT2D eigenvalue weighted by atomic mass is 19.4. The Morgan fingerprint density at radius 3 is 2.46 bits per heavy atom. The van der Waals surface area contributed by atoms with Gasteiger partial charge in [-0.15, -0.1) is 0 Å². The Balaban J connectivity index is 3.32. The second-order valence-corrected chi connectivity index (χ2v) is 2.24. The molecule has 0 bridgehead atoms. The van der Waals surface area contributed by atoms with Crippen LogP contribution in [0.2, 0.25) is 0 Å². The van der Waals surface area contributed by atoms with Gasteiger partial charge in [-0.05, 0) is 12.1 Å². The van der Waals surface area contributed by atoms with E-state index in [9.17, 15) is 13.2 Å². The maximum atomic E-state index is 12.1. The SMILES string of the molecule is N#Cc1nc(N)ccc1C(F)(F)F. The van der Waals surface area contributed by atoms with Crippen LogP contribution in [0, 0.1) is 11.3 Å². The molecular formula is C7H4F3N3. The van der Waals surface area contributed by atoms with Crippen molar-refractivity contribution in [1.82, 2.24) is 4.98 Å². The Morgan fingerprint density at radius 2 is 2.00 bits per heavy atom. The number of nitrogen functional groups attached to an aromatic ring is 1. The standard InChI is InChI=1S/C7H4F3N3/c8-7(9,10)4-1-2-6(12)13-5(4)3-11/h1-2H,(H2,12,13). The molecule has 0 aliphatic rings. The minimum absolute atomic E-state index is 0.107. The van der Waals surface area contributed by atoms with Gasteiger partial charge in [0.15, 0.2) is 5.69 Å². The Morgan fingerprint density at radius 1 is 1.38 bits per heavy atom. The van der Waals surface area contributed by atoms with Crippen LogP contribution in [0.5, 0.6) is 0 Å². The first kappa shape index (κ1) is 9.32. The first-order valence-electron chi connectivity index (χ1n) is 3.19. The molecule has 1 aromatic rings. The van der Waals surface area contributed by atoms with Crippen LogP contribution in [0.3, 0.4) is 0 Å². The summed E-state index contributed by atoms with van der Waals surface area (Å²) >= 11 is 0. The average molecular weight is 187 g/mol. The van der Waals surface area contributed by atoms with Crippen molar-refractivity contribution in [3.63, 3.8) is 0 Å². The fourth-order valence-electron chi connectivity index (χ4n) is 0.788. The Kier molecular flexibility index (Phi) is 2.10. The Bertz CT molecular complexity index is 364. The van der Waals surface area contributed by atoms with E-state index in [2.05, 4.69) is 4.98 Å². The molecule has 0 atom stereocenters. The van der Waals surface area contributed by atoms with Crippen LogP contribution in [-0.2, 0) is 6.18 Å². The summed E-state index contributed by atoms with van der Waals surface area (Å²) in [5.74, 6) is -0.107. The Labute approximate surface area is 71.6 Å². The van der Waals surface area contributed by atoms with Crippen molar-refractivity contribution >= 4 is 5.82 Å². The number of hydrogen-bond donors (Lipinski definition) is 1. The molecule has 6 heteroatoms. The van der Waals surface area contributed by atoms with Gasteiger partial charge in [-0.3, -0.25) is 0 Å². The molecule has 1 rings (SSSR count). The lowest BCUT2D eigenvalue weighted by atomic mass is 10.2. The third-order valence-electron chi connectivity index (χ3n) is 1.33. The molecule has 13 heavy (non-hydrogen) atoms. The van der Waals surface area contributed by atoms with E-state index >= 15 is 0 Å². The van der Waals surface area contributed by atoms with Crippen molar-refractivity contribution < 1.29 is 13.2 Å². The highest BCUT2D eigenvalue weighted by Gasteiger charge is 2.34. The molecule has 0 unspecified atom stereocenters. The first-order chi connectivity index (χ1) is 5.95. The van der Waals surface area contributed by atoms with E-state index in [0.29, 0.717) is 0 Å². The van der Waals surface area contributed by atoms with Gasteiger partial charge in [0.1, 0.15) is 11.9 Å². The summed E-state index contributed by atoms with van der Waals surface area (Å²) in [5.41, 5.74) is 3.35. The molecule has 0 radical (unpaired) electrons. The van der Waals surface area contributed by atoms with E-state index in [1.54, 1.807) is 0 Å². The summed E-state index contributed by atoms with van der Waals surface area (Å²) in [6, 6.07) is 3.07. The topological polar surface area (TPSA) is 62.7 Å². The molecule has 0 saturated heterocycles. The van der Waals surface area contributed by atoms with Crippen molar-refractivity contribution in [3.05, 3.63) is 23.4 Å². The number of anilines is 1. The van der Waals surface area contributed by atoms with Crippen LogP contribution in [0.15, 0.2) is 12.1 Å². The summed E-state index contributed by atoms with van der Waals surface area (Å²) in [6.45, 7) is 0. The molecule has 0 aliphatic carbocycles. The molecule has 0 aliphatic heterocycles. The number of rotatable bonds is 0. The van der Waals surface area contributed by atoms with Crippen molar-refractivity contribution in [2.75, 3.05) is 5.73 Å². The molecule has 0 aromatic carbocycles. The lowest BCUT2D eigenvalue weighted by Crippen LogP contribution is -2.09.